The molecule has 3 aromatic rings. The maximum atomic E-state index is 11.0. The Kier molecular flexibility index (Phi) is 4.85. The number of rotatable bonds is 6. The molecule has 0 amide bonds. The molecule has 4 heteroatoms. The minimum absolute atomic E-state index is 0.646. The molecule has 0 saturated heterocycles. The molecule has 0 aliphatic heterocycles. The molecule has 0 aliphatic rings. The largest absolute Gasteiger partial charge is 0.369 e. The van der Waals surface area contributed by atoms with E-state index in [9.17, 15) is 4.79 Å². The molecule has 0 spiro atoms. The van der Waals surface area contributed by atoms with Crippen LogP contribution in [0.15, 0.2) is 48.8 Å². The van der Waals surface area contributed by atoms with Crippen molar-refractivity contribution >= 4 is 23.0 Å². The summed E-state index contributed by atoms with van der Waals surface area (Å²) in [6.07, 6.45) is 3.55. The molecule has 0 saturated carbocycles. The summed E-state index contributed by atoms with van der Waals surface area (Å²) in [6.45, 7) is 5.30. The van der Waals surface area contributed by atoms with Crippen molar-refractivity contribution in [3.05, 3.63) is 54.4 Å². The first-order chi connectivity index (χ1) is 11.7. The standard InChI is InChI=1S/C20H21N3O/c1-14(2)8-9-21-20-18-11-17(6-7-19(18)22-13-23-20)16-5-3-4-15(10-16)12-24/h3-7,10-14H,8-9H2,1-2H3,(H,21,22,23). The van der Waals surface area contributed by atoms with Crippen molar-refractivity contribution in [2.24, 2.45) is 5.92 Å². The number of hydrogen-bond acceptors (Lipinski definition) is 4. The second-order valence-corrected chi connectivity index (χ2v) is 6.31. The van der Waals surface area contributed by atoms with E-state index in [0.717, 1.165) is 47.1 Å². The minimum atomic E-state index is 0.646. The van der Waals surface area contributed by atoms with Gasteiger partial charge in [0.15, 0.2) is 0 Å². The van der Waals surface area contributed by atoms with Crippen LogP contribution in [0.25, 0.3) is 22.0 Å². The van der Waals surface area contributed by atoms with E-state index in [1.165, 1.54) is 0 Å². The van der Waals surface area contributed by atoms with Crippen LogP contribution in [0.4, 0.5) is 5.82 Å². The Morgan fingerprint density at radius 1 is 1.08 bits per heavy atom. The highest BCUT2D eigenvalue weighted by molar-refractivity contribution is 5.92. The lowest BCUT2D eigenvalue weighted by Crippen LogP contribution is -2.06. The zero-order valence-corrected chi connectivity index (χ0v) is 14.0. The molecule has 122 valence electrons. The molecule has 0 atom stereocenters. The van der Waals surface area contributed by atoms with Crippen molar-refractivity contribution in [1.82, 2.24) is 9.97 Å². The fourth-order valence-corrected chi connectivity index (χ4v) is 2.65. The molecule has 1 aromatic heterocycles. The van der Waals surface area contributed by atoms with E-state index in [0.29, 0.717) is 11.5 Å². The van der Waals surface area contributed by atoms with Crippen LogP contribution >= 0.6 is 0 Å². The van der Waals surface area contributed by atoms with Gasteiger partial charge in [-0.2, -0.15) is 0 Å². The fourth-order valence-electron chi connectivity index (χ4n) is 2.65. The summed E-state index contributed by atoms with van der Waals surface area (Å²) in [5.41, 5.74) is 3.64. The summed E-state index contributed by atoms with van der Waals surface area (Å²) < 4.78 is 0. The lowest BCUT2D eigenvalue weighted by Gasteiger charge is -2.11. The summed E-state index contributed by atoms with van der Waals surface area (Å²) in [7, 11) is 0. The highest BCUT2D eigenvalue weighted by Crippen LogP contribution is 2.27. The summed E-state index contributed by atoms with van der Waals surface area (Å²) in [4.78, 5) is 19.7. The lowest BCUT2D eigenvalue weighted by molar-refractivity contribution is 0.112. The predicted octanol–water partition coefficient (Wildman–Crippen LogP) is 4.57. The van der Waals surface area contributed by atoms with Crippen LogP contribution in [-0.2, 0) is 0 Å². The number of nitrogens with one attached hydrogen (secondary N) is 1. The van der Waals surface area contributed by atoms with Crippen molar-refractivity contribution in [2.45, 2.75) is 20.3 Å². The number of fused-ring (bicyclic) bond motifs is 1. The van der Waals surface area contributed by atoms with Gasteiger partial charge in [-0.05, 0) is 41.7 Å². The van der Waals surface area contributed by atoms with Gasteiger partial charge in [0.25, 0.3) is 0 Å². The summed E-state index contributed by atoms with van der Waals surface area (Å²) in [6, 6.07) is 13.7. The van der Waals surface area contributed by atoms with Gasteiger partial charge in [-0.25, -0.2) is 9.97 Å². The van der Waals surface area contributed by atoms with Crippen molar-refractivity contribution in [3.63, 3.8) is 0 Å². The first kappa shape index (κ1) is 16.1. The van der Waals surface area contributed by atoms with Gasteiger partial charge in [0, 0.05) is 17.5 Å². The summed E-state index contributed by atoms with van der Waals surface area (Å²) in [5.74, 6) is 1.50. The van der Waals surface area contributed by atoms with Crippen LogP contribution < -0.4 is 5.32 Å². The van der Waals surface area contributed by atoms with Crippen LogP contribution in [0.2, 0.25) is 0 Å². The van der Waals surface area contributed by atoms with Gasteiger partial charge < -0.3 is 5.32 Å². The van der Waals surface area contributed by atoms with Crippen molar-refractivity contribution in [3.8, 4) is 11.1 Å². The quantitative estimate of drug-likeness (QED) is 0.676. The second-order valence-electron chi connectivity index (χ2n) is 6.31. The van der Waals surface area contributed by atoms with Gasteiger partial charge in [-0.1, -0.05) is 38.1 Å². The van der Waals surface area contributed by atoms with Gasteiger partial charge in [0.1, 0.15) is 18.4 Å². The van der Waals surface area contributed by atoms with Gasteiger partial charge in [0.05, 0.1) is 5.52 Å². The maximum absolute atomic E-state index is 11.0. The lowest BCUT2D eigenvalue weighted by atomic mass is 10.0. The summed E-state index contributed by atoms with van der Waals surface area (Å²) >= 11 is 0. The Hall–Kier alpha value is -2.75. The number of aldehydes is 1. The zero-order valence-electron chi connectivity index (χ0n) is 14.0. The first-order valence-corrected chi connectivity index (χ1v) is 8.21. The first-order valence-electron chi connectivity index (χ1n) is 8.21. The molecule has 1 heterocycles. The Balaban J connectivity index is 1.97. The number of aromatic nitrogens is 2. The highest BCUT2D eigenvalue weighted by Gasteiger charge is 2.07. The highest BCUT2D eigenvalue weighted by atomic mass is 16.1. The number of anilines is 1. The monoisotopic (exact) mass is 319 g/mol. The molecule has 0 bridgehead atoms. The number of carbonyl (C=O) groups is 1. The molecular weight excluding hydrogens is 298 g/mol. The SMILES string of the molecule is CC(C)CCNc1ncnc2ccc(-c3cccc(C=O)c3)cc12. The van der Waals surface area contributed by atoms with E-state index in [4.69, 9.17) is 0 Å². The molecule has 1 N–H and O–H groups in total. The van der Waals surface area contributed by atoms with E-state index in [-0.39, 0.29) is 0 Å². The van der Waals surface area contributed by atoms with Crippen LogP contribution in [0.1, 0.15) is 30.6 Å². The van der Waals surface area contributed by atoms with Gasteiger partial charge in [0.2, 0.25) is 0 Å². The van der Waals surface area contributed by atoms with Crippen molar-refractivity contribution in [2.75, 3.05) is 11.9 Å². The van der Waals surface area contributed by atoms with Gasteiger partial charge in [-0.15, -0.1) is 0 Å². The Morgan fingerprint density at radius 2 is 1.92 bits per heavy atom. The topological polar surface area (TPSA) is 54.9 Å². The third-order valence-electron chi connectivity index (χ3n) is 4.01. The molecule has 24 heavy (non-hydrogen) atoms. The number of benzene rings is 2. The molecule has 2 aromatic carbocycles. The van der Waals surface area contributed by atoms with Crippen molar-refractivity contribution in [1.29, 1.82) is 0 Å². The van der Waals surface area contributed by atoms with E-state index >= 15 is 0 Å². The van der Waals surface area contributed by atoms with E-state index in [2.05, 4.69) is 35.2 Å². The fraction of sp³-hybridized carbons (Fsp3) is 0.250. The van der Waals surface area contributed by atoms with Crippen molar-refractivity contribution < 1.29 is 4.79 Å². The number of carbonyl (C=O) groups excluding carboxylic acids is 1. The minimum Gasteiger partial charge on any atom is -0.369 e. The second kappa shape index (κ2) is 7.21. The van der Waals surface area contributed by atoms with E-state index in [1.807, 2.05) is 30.3 Å². The molecule has 0 unspecified atom stereocenters. The Bertz CT molecular complexity index is 858. The van der Waals surface area contributed by atoms with Crippen LogP contribution in [0, 0.1) is 5.92 Å². The Morgan fingerprint density at radius 3 is 2.71 bits per heavy atom. The van der Waals surface area contributed by atoms with E-state index in [1.54, 1.807) is 12.4 Å². The predicted molar refractivity (Wildman–Crippen MR) is 98.3 cm³/mol. The molecule has 0 aliphatic carbocycles. The number of hydrogen-bond donors (Lipinski definition) is 1. The molecule has 3 rings (SSSR count). The molecule has 4 nitrogen and oxygen atoms in total. The van der Waals surface area contributed by atoms with Crippen LogP contribution in [-0.4, -0.2) is 22.8 Å². The Labute approximate surface area is 142 Å². The third kappa shape index (κ3) is 3.59. The number of nitrogens with zero attached hydrogens (tertiary/aromatic N) is 2. The molecule has 0 fully saturated rings. The summed E-state index contributed by atoms with van der Waals surface area (Å²) in [5, 5.41) is 4.41. The van der Waals surface area contributed by atoms with Gasteiger partial charge in [-0.3, -0.25) is 4.79 Å². The zero-order chi connectivity index (χ0) is 16.9. The normalized spacial score (nSPS) is 11.0. The average molecular weight is 319 g/mol. The van der Waals surface area contributed by atoms with Crippen LogP contribution in [0.3, 0.4) is 0 Å². The van der Waals surface area contributed by atoms with Gasteiger partial charge >= 0.3 is 0 Å². The van der Waals surface area contributed by atoms with E-state index < -0.39 is 0 Å². The maximum Gasteiger partial charge on any atom is 0.150 e. The molecule has 0 radical (unpaired) electrons. The third-order valence-corrected chi connectivity index (χ3v) is 4.01. The smallest absolute Gasteiger partial charge is 0.150 e. The van der Waals surface area contributed by atoms with Crippen LogP contribution in [0.5, 0.6) is 0 Å². The average Bonchev–Trinajstić information content (AvgIpc) is 2.61. The molecular formula is C20H21N3O.